The number of aromatic nitrogens is 4. The molecule has 1 fully saturated rings. The minimum Gasteiger partial charge on any atom is -0.497 e. The third kappa shape index (κ3) is 4.28. The van der Waals surface area contributed by atoms with Crippen LogP contribution in [-0.2, 0) is 18.3 Å². The van der Waals surface area contributed by atoms with Gasteiger partial charge in [0.1, 0.15) is 17.7 Å². The lowest BCUT2D eigenvalue weighted by molar-refractivity contribution is -0.0348. The first kappa shape index (κ1) is 20.4. The lowest BCUT2D eigenvalue weighted by Crippen LogP contribution is -2.38. The number of hydrogen-bond acceptors (Lipinski definition) is 7. The molecule has 32 heavy (non-hydrogen) atoms. The Morgan fingerprint density at radius 1 is 1.16 bits per heavy atom. The van der Waals surface area contributed by atoms with Crippen molar-refractivity contribution >= 4 is 22.7 Å². The van der Waals surface area contributed by atoms with Crippen molar-refractivity contribution in [2.45, 2.75) is 12.6 Å². The van der Waals surface area contributed by atoms with Crippen LogP contribution >= 0.6 is 0 Å². The average molecular weight is 431 g/mol. The summed E-state index contributed by atoms with van der Waals surface area (Å²) in [7, 11) is 3.77. The molecule has 0 radical (unpaired) electrons. The van der Waals surface area contributed by atoms with Crippen molar-refractivity contribution in [3.05, 3.63) is 72.3 Å². The van der Waals surface area contributed by atoms with Gasteiger partial charge in [-0.2, -0.15) is 0 Å². The van der Waals surface area contributed by atoms with Crippen molar-refractivity contribution in [1.82, 2.24) is 24.4 Å². The Bertz CT molecular complexity index is 1210. The summed E-state index contributed by atoms with van der Waals surface area (Å²) >= 11 is 0. The van der Waals surface area contributed by atoms with E-state index in [0.29, 0.717) is 18.4 Å². The summed E-state index contributed by atoms with van der Waals surface area (Å²) < 4.78 is 13.6. The molecule has 0 aliphatic carbocycles. The molecule has 0 bridgehead atoms. The third-order valence-corrected chi connectivity index (χ3v) is 5.73. The van der Waals surface area contributed by atoms with Crippen LogP contribution in [0.1, 0.15) is 17.4 Å². The molecule has 1 aliphatic heterocycles. The van der Waals surface area contributed by atoms with Crippen LogP contribution in [0.15, 0.2) is 61.1 Å². The van der Waals surface area contributed by atoms with Gasteiger partial charge in [0, 0.05) is 56.7 Å². The number of aryl methyl sites for hydroxylation is 1. The highest BCUT2D eigenvalue weighted by molar-refractivity contribution is 5.85. The van der Waals surface area contributed by atoms with E-state index in [0.717, 1.165) is 31.1 Å². The van der Waals surface area contributed by atoms with E-state index < -0.39 is 0 Å². The minimum absolute atomic E-state index is 0.0859. The van der Waals surface area contributed by atoms with Crippen LogP contribution in [0.3, 0.4) is 0 Å². The predicted octanol–water partition coefficient (Wildman–Crippen LogP) is 3.69. The fourth-order valence-electron chi connectivity index (χ4n) is 4.15. The zero-order valence-corrected chi connectivity index (χ0v) is 18.2. The van der Waals surface area contributed by atoms with Crippen LogP contribution < -0.4 is 10.1 Å². The number of methoxy groups -OCH3 is 1. The zero-order chi connectivity index (χ0) is 21.9. The molecule has 4 aromatic rings. The van der Waals surface area contributed by atoms with E-state index in [1.54, 1.807) is 25.6 Å². The summed E-state index contributed by atoms with van der Waals surface area (Å²) in [6.45, 7) is 3.20. The maximum absolute atomic E-state index is 6.08. The van der Waals surface area contributed by atoms with Crippen LogP contribution in [-0.4, -0.2) is 51.2 Å². The molecule has 4 heterocycles. The molecule has 0 saturated carbocycles. The van der Waals surface area contributed by atoms with Crippen molar-refractivity contribution in [3.8, 4) is 5.75 Å². The van der Waals surface area contributed by atoms with E-state index in [-0.39, 0.29) is 6.10 Å². The summed E-state index contributed by atoms with van der Waals surface area (Å²) in [6.07, 6.45) is 5.52. The normalized spacial score (nSPS) is 16.9. The summed E-state index contributed by atoms with van der Waals surface area (Å²) in [5.41, 5.74) is 3.38. The second-order valence-corrected chi connectivity index (χ2v) is 7.89. The first-order valence-electron chi connectivity index (χ1n) is 10.7. The molecule has 164 valence electrons. The van der Waals surface area contributed by atoms with Gasteiger partial charge in [0.05, 0.1) is 24.9 Å². The van der Waals surface area contributed by atoms with Crippen molar-refractivity contribution in [1.29, 1.82) is 0 Å². The van der Waals surface area contributed by atoms with Crippen LogP contribution in [0.25, 0.3) is 10.9 Å². The molecule has 0 spiro atoms. The van der Waals surface area contributed by atoms with Gasteiger partial charge in [-0.25, -0.2) is 15.0 Å². The van der Waals surface area contributed by atoms with Gasteiger partial charge >= 0.3 is 0 Å². The van der Waals surface area contributed by atoms with Gasteiger partial charge < -0.3 is 19.4 Å². The molecular formula is C24H26N6O2. The van der Waals surface area contributed by atoms with Crippen LogP contribution in [0.4, 0.5) is 11.8 Å². The van der Waals surface area contributed by atoms with E-state index >= 15 is 0 Å². The molecule has 5 rings (SSSR count). The van der Waals surface area contributed by atoms with Crippen molar-refractivity contribution in [2.24, 2.45) is 7.05 Å². The second-order valence-electron chi connectivity index (χ2n) is 7.89. The Balaban J connectivity index is 1.31. The molecule has 1 saturated heterocycles. The largest absolute Gasteiger partial charge is 0.497 e. The third-order valence-electron chi connectivity index (χ3n) is 5.73. The number of benzene rings is 1. The molecule has 3 aromatic heterocycles. The van der Waals surface area contributed by atoms with Crippen LogP contribution in [0.5, 0.6) is 5.75 Å². The second kappa shape index (κ2) is 8.94. The Hall–Kier alpha value is -3.49. The molecule has 0 unspecified atom stereocenters. The van der Waals surface area contributed by atoms with E-state index in [4.69, 9.17) is 14.5 Å². The number of ether oxygens (including phenoxy) is 2. The van der Waals surface area contributed by atoms with Gasteiger partial charge in [-0.05, 0) is 35.9 Å². The Morgan fingerprint density at radius 2 is 2.03 bits per heavy atom. The number of hydrogen-bond donors (Lipinski definition) is 1. The van der Waals surface area contributed by atoms with E-state index in [1.807, 2.05) is 24.3 Å². The topological polar surface area (TPSA) is 77.3 Å². The lowest BCUT2D eigenvalue weighted by atomic mass is 10.1. The molecule has 1 aromatic carbocycles. The monoisotopic (exact) mass is 430 g/mol. The Labute approximate surface area is 186 Å². The molecule has 0 amide bonds. The Morgan fingerprint density at radius 3 is 2.88 bits per heavy atom. The molecule has 8 nitrogen and oxygen atoms in total. The maximum atomic E-state index is 6.08. The summed E-state index contributed by atoms with van der Waals surface area (Å²) in [4.78, 5) is 15.6. The van der Waals surface area contributed by atoms with Gasteiger partial charge in [0.2, 0.25) is 5.95 Å². The number of fused-ring (bicyclic) bond motifs is 1. The SMILES string of the molecule is COc1ccc2c(CN3CCO[C@@H](c4cccc(Nc5ncccn5)n4)C3)cn(C)c2c1. The van der Waals surface area contributed by atoms with Crippen molar-refractivity contribution < 1.29 is 9.47 Å². The average Bonchev–Trinajstić information content (AvgIpc) is 3.14. The fraction of sp³-hybridized carbons (Fsp3) is 0.292. The van der Waals surface area contributed by atoms with E-state index in [9.17, 15) is 0 Å². The number of nitrogens with zero attached hydrogens (tertiary/aromatic N) is 5. The van der Waals surface area contributed by atoms with E-state index in [2.05, 4.69) is 50.1 Å². The number of morpholine rings is 1. The number of rotatable bonds is 6. The van der Waals surface area contributed by atoms with Crippen LogP contribution in [0, 0.1) is 0 Å². The molecular weight excluding hydrogens is 404 g/mol. The van der Waals surface area contributed by atoms with Gasteiger partial charge in [-0.15, -0.1) is 0 Å². The van der Waals surface area contributed by atoms with E-state index in [1.165, 1.54) is 16.5 Å². The smallest absolute Gasteiger partial charge is 0.228 e. The summed E-state index contributed by atoms with van der Waals surface area (Å²) in [6, 6.07) is 13.9. The van der Waals surface area contributed by atoms with Crippen molar-refractivity contribution in [2.75, 3.05) is 32.1 Å². The molecule has 1 N–H and O–H groups in total. The highest BCUT2D eigenvalue weighted by Gasteiger charge is 2.24. The molecule has 8 heteroatoms. The molecule has 1 aliphatic rings. The highest BCUT2D eigenvalue weighted by atomic mass is 16.5. The first-order chi connectivity index (χ1) is 15.7. The van der Waals surface area contributed by atoms with Crippen LogP contribution in [0.2, 0.25) is 0 Å². The minimum atomic E-state index is -0.0859. The van der Waals surface area contributed by atoms with Gasteiger partial charge in [-0.1, -0.05) is 6.07 Å². The highest BCUT2D eigenvalue weighted by Crippen LogP contribution is 2.28. The van der Waals surface area contributed by atoms with Gasteiger partial charge in [0.25, 0.3) is 0 Å². The number of pyridine rings is 1. The summed E-state index contributed by atoms with van der Waals surface area (Å²) in [5.74, 6) is 2.10. The Kier molecular flexibility index (Phi) is 5.70. The number of nitrogens with one attached hydrogen (secondary N) is 1. The lowest BCUT2D eigenvalue weighted by Gasteiger charge is -2.32. The molecule has 1 atom stereocenters. The standard InChI is InChI=1S/C24H26N6O2/c1-29-14-17(19-8-7-18(31-2)13-21(19)29)15-30-11-12-32-22(16-30)20-5-3-6-23(27-20)28-24-25-9-4-10-26-24/h3-10,13-14,22H,11-12,15-16H2,1-2H3,(H,25,26,27,28)/t22-/m1/s1. The zero-order valence-electron chi connectivity index (χ0n) is 18.2. The predicted molar refractivity (Wildman–Crippen MR) is 123 cm³/mol. The fourth-order valence-corrected chi connectivity index (χ4v) is 4.15. The van der Waals surface area contributed by atoms with Crippen molar-refractivity contribution in [3.63, 3.8) is 0 Å². The number of anilines is 2. The first-order valence-corrected chi connectivity index (χ1v) is 10.7. The summed E-state index contributed by atoms with van der Waals surface area (Å²) in [5, 5.41) is 4.40. The van der Waals surface area contributed by atoms with Gasteiger partial charge in [-0.3, -0.25) is 4.90 Å². The van der Waals surface area contributed by atoms with Gasteiger partial charge in [0.15, 0.2) is 0 Å². The maximum Gasteiger partial charge on any atom is 0.228 e. The quantitative estimate of drug-likeness (QED) is 0.500.